The Kier molecular flexibility index (Phi) is 38.3. The van der Waals surface area contributed by atoms with Crippen LogP contribution in [0.1, 0.15) is 179 Å². The zero-order valence-corrected chi connectivity index (χ0v) is 46.7. The molecule has 0 N–H and O–H groups in total. The highest BCUT2D eigenvalue weighted by Crippen LogP contribution is 2.35. The molecule has 0 aliphatic heterocycles. The number of esters is 2. The van der Waals surface area contributed by atoms with Gasteiger partial charge in [-0.15, -0.1) is 22.7 Å². The van der Waals surface area contributed by atoms with Crippen LogP contribution in [0, 0.1) is 29.6 Å². The summed E-state index contributed by atoms with van der Waals surface area (Å²) in [6.07, 6.45) is 12.4. The quantitative estimate of drug-likeness (QED) is 0.0179. The Bertz CT molecular complexity index is 1940. The van der Waals surface area contributed by atoms with Gasteiger partial charge in [-0.25, -0.2) is 19.6 Å². The van der Waals surface area contributed by atoms with E-state index in [4.69, 9.17) is 30.0 Å². The lowest BCUT2D eigenvalue weighted by Crippen LogP contribution is -2.49. The number of ketones is 1. The van der Waals surface area contributed by atoms with Crippen molar-refractivity contribution in [3.05, 3.63) is 77.4 Å². The maximum Gasteiger partial charge on any atom is 0.357 e. The lowest BCUT2D eigenvalue weighted by Gasteiger charge is -2.38. The van der Waals surface area contributed by atoms with Crippen LogP contribution in [0.2, 0.25) is 0 Å². The number of allylic oxidation sites excluding steroid dienone is 3. The number of aromatic nitrogens is 2. The third-order valence-electron chi connectivity index (χ3n) is 11.4. The first-order valence-electron chi connectivity index (χ1n) is 24.0. The van der Waals surface area contributed by atoms with Gasteiger partial charge < -0.3 is 23.8 Å². The fraction of sp³-hybridized carbons (Fsp3) is 0.720. The Morgan fingerprint density at radius 2 is 1.17 bits per heavy atom. The molecule has 2 aromatic heterocycles. The van der Waals surface area contributed by atoms with Crippen LogP contribution in [0.5, 0.6) is 0 Å². The molecule has 396 valence electrons. The summed E-state index contributed by atoms with van der Waals surface area (Å²) in [5.41, 5.74) is 18.5. The third kappa shape index (κ3) is 24.3. The molecule has 0 radical (unpaired) electrons. The highest BCUT2D eigenvalue weighted by molar-refractivity contribution is 9.09. The fourth-order valence-corrected chi connectivity index (χ4v) is 8.94. The normalized spacial score (nSPS) is 14.5. The Balaban J connectivity index is 0. The maximum atomic E-state index is 13.7. The molecule has 0 aromatic carbocycles. The van der Waals surface area contributed by atoms with Crippen molar-refractivity contribution in [2.75, 3.05) is 39.3 Å². The largest absolute Gasteiger partial charge is 0.464 e. The van der Waals surface area contributed by atoms with Gasteiger partial charge in [-0.1, -0.05) is 140 Å². The number of azide groups is 2. The van der Waals surface area contributed by atoms with Crippen LogP contribution >= 0.6 is 38.6 Å². The van der Waals surface area contributed by atoms with E-state index in [0.29, 0.717) is 49.0 Å². The molecule has 0 spiro atoms. The number of halogens is 1. The van der Waals surface area contributed by atoms with Crippen LogP contribution in [-0.4, -0.2) is 95.9 Å². The molecule has 20 heteroatoms. The minimum atomic E-state index is -0.775. The van der Waals surface area contributed by atoms with Crippen molar-refractivity contribution in [3.63, 3.8) is 0 Å². The number of methoxy groups -OCH3 is 2. The predicted molar refractivity (Wildman–Crippen MR) is 287 cm³/mol. The van der Waals surface area contributed by atoms with Crippen molar-refractivity contribution in [2.24, 2.45) is 39.8 Å². The number of hydrogen-bond donors (Lipinski definition) is 0. The van der Waals surface area contributed by atoms with E-state index < -0.39 is 30.1 Å². The number of alkyl halides is 1. The predicted octanol–water partition coefficient (Wildman–Crippen LogP) is 14.3. The average molecular weight is 1080 g/mol. The van der Waals surface area contributed by atoms with Crippen LogP contribution in [0.3, 0.4) is 0 Å². The van der Waals surface area contributed by atoms with Gasteiger partial charge in [-0.05, 0) is 73.8 Å². The number of rotatable bonds is 30. The summed E-state index contributed by atoms with van der Waals surface area (Å²) in [6.45, 7) is 25.4. The maximum absolute atomic E-state index is 13.7. The van der Waals surface area contributed by atoms with Crippen molar-refractivity contribution >= 4 is 62.2 Å². The van der Waals surface area contributed by atoms with Gasteiger partial charge in [0.05, 0.1) is 20.3 Å². The van der Waals surface area contributed by atoms with Gasteiger partial charge in [-0.3, -0.25) is 9.59 Å². The number of thiazole rings is 2. The number of hydrogen-bond acceptors (Lipinski definition) is 14. The molecule has 0 fully saturated rings. The first kappa shape index (κ1) is 67.9. The first-order chi connectivity index (χ1) is 32.9. The van der Waals surface area contributed by atoms with Gasteiger partial charge in [0.25, 0.3) is 0 Å². The smallest absolute Gasteiger partial charge is 0.357 e. The molecule has 2 aromatic rings. The molecule has 1 amide bonds. The standard InChI is InChI=1S/C24H39N5O4S.C20H32N4O4S.C5H9Br.CH4/c1-8-11-12-13-29(23(30)21(27-28-25)17(6)9-2)19(16(4)5)14-20(33-10-3)22-26-18(15-34-22)24(31)32-7;1-7-13(5)18(23-24-21)16(25)9-14(12(3)4)10-17(28-8-2)19-22-15(11-29-19)20(26)27-6;1-2-3-4-5-6;/h11-12,15-17,19-21H,8-10,13-14H2,1-7H3;11-14,17-18H,7-10H2,1-6H3;3-4H,2,5H2,1H3;1H4/t17?,19-,20-,21+;13?,14-,17-,18+;;/m11../s1. The lowest BCUT2D eigenvalue weighted by molar-refractivity contribution is -0.137. The van der Waals surface area contributed by atoms with Crippen LogP contribution in [0.15, 0.2) is 45.3 Å². The Hall–Kier alpha value is -4.16. The van der Waals surface area contributed by atoms with Crippen LogP contribution in [0.4, 0.5) is 0 Å². The molecule has 2 heterocycles. The van der Waals surface area contributed by atoms with E-state index in [-0.39, 0.29) is 72.2 Å². The number of Topliss-reactive ketones (excluding diaryl/α,β-unsaturated/α-hetero) is 1. The van der Waals surface area contributed by atoms with Gasteiger partial charge in [0.15, 0.2) is 11.4 Å². The second-order valence-electron chi connectivity index (χ2n) is 16.9. The molecule has 0 aliphatic carbocycles. The van der Waals surface area contributed by atoms with E-state index >= 15 is 0 Å². The SMILES string of the molecule is C.CCC=CCBr.CCC=CCN(C(=O)[C@@H](N=[N+]=[N-])C(C)CC)[C@H](C[C@@H](OCC)c1nc(C(=O)OC)cs1)C(C)C.CCO[C@H](C[C@@H](CC(=O)[C@@H](N=[N+]=[N-])C(C)CC)C(C)C)c1nc(C(=O)OC)cs1. The van der Waals surface area contributed by atoms with Gasteiger partial charge in [0.2, 0.25) is 5.91 Å². The first-order valence-corrected chi connectivity index (χ1v) is 26.9. The zero-order valence-electron chi connectivity index (χ0n) is 43.5. The summed E-state index contributed by atoms with van der Waals surface area (Å²) < 4.78 is 21.4. The molecule has 17 nitrogen and oxygen atoms in total. The van der Waals surface area contributed by atoms with E-state index in [2.05, 4.69) is 92.7 Å². The topological polar surface area (TPSA) is 232 Å². The summed E-state index contributed by atoms with van der Waals surface area (Å²) in [6, 6.07) is -1.62. The fourth-order valence-electron chi connectivity index (χ4n) is 6.98. The van der Waals surface area contributed by atoms with Crippen molar-refractivity contribution in [2.45, 2.75) is 166 Å². The molecule has 0 aliphatic rings. The van der Waals surface area contributed by atoms with Gasteiger partial charge in [0, 0.05) is 64.6 Å². The molecule has 70 heavy (non-hydrogen) atoms. The summed E-state index contributed by atoms with van der Waals surface area (Å²) in [7, 11) is 2.64. The number of carbonyl (C=O) groups excluding carboxylic acids is 4. The number of carbonyl (C=O) groups is 4. The highest BCUT2D eigenvalue weighted by Gasteiger charge is 2.36. The van der Waals surface area contributed by atoms with E-state index in [9.17, 15) is 19.2 Å². The third-order valence-corrected chi connectivity index (χ3v) is 13.7. The van der Waals surface area contributed by atoms with Gasteiger partial charge in [-0.2, -0.15) is 0 Å². The van der Waals surface area contributed by atoms with Crippen LogP contribution < -0.4 is 0 Å². The van der Waals surface area contributed by atoms with Crippen LogP contribution in [-0.2, 0) is 28.5 Å². The van der Waals surface area contributed by atoms with Crippen LogP contribution in [0.25, 0.3) is 20.9 Å². The van der Waals surface area contributed by atoms with E-state index in [1.54, 1.807) is 10.8 Å². The number of nitrogens with zero attached hydrogens (tertiary/aromatic N) is 9. The van der Waals surface area contributed by atoms with E-state index in [1.807, 2.05) is 65.5 Å². The summed E-state index contributed by atoms with van der Waals surface area (Å²) >= 11 is 5.95. The summed E-state index contributed by atoms with van der Waals surface area (Å²) in [4.78, 5) is 66.6. The van der Waals surface area contributed by atoms with Crippen molar-refractivity contribution in [1.82, 2.24) is 14.9 Å². The van der Waals surface area contributed by atoms with Crippen molar-refractivity contribution < 1.29 is 38.1 Å². The Labute approximate surface area is 435 Å². The summed E-state index contributed by atoms with van der Waals surface area (Å²) in [5.74, 6) is -0.930. The summed E-state index contributed by atoms with van der Waals surface area (Å²) in [5, 5.41) is 13.3. The molecule has 0 saturated heterocycles. The molecular formula is C50H84BrN9O8S2. The van der Waals surface area contributed by atoms with E-state index in [1.165, 1.54) is 36.9 Å². The van der Waals surface area contributed by atoms with E-state index in [0.717, 1.165) is 31.0 Å². The van der Waals surface area contributed by atoms with Crippen molar-refractivity contribution in [3.8, 4) is 0 Å². The lowest BCUT2D eigenvalue weighted by atomic mass is 9.82. The number of ether oxygens (including phenoxy) is 4. The van der Waals surface area contributed by atoms with Crippen molar-refractivity contribution in [1.29, 1.82) is 0 Å². The Morgan fingerprint density at radius 3 is 1.56 bits per heavy atom. The monoisotopic (exact) mass is 1080 g/mol. The molecular weight excluding hydrogens is 999 g/mol. The Morgan fingerprint density at radius 1 is 0.714 bits per heavy atom. The molecule has 2 unspecified atom stereocenters. The second kappa shape index (κ2) is 39.5. The van der Waals surface area contributed by atoms with Gasteiger partial charge in [0.1, 0.15) is 34.0 Å². The highest BCUT2D eigenvalue weighted by atomic mass is 79.9. The molecule has 2 rings (SSSR count). The number of amides is 1. The molecule has 0 saturated carbocycles. The zero-order chi connectivity index (χ0) is 52.5. The van der Waals surface area contributed by atoms with Gasteiger partial charge >= 0.3 is 11.9 Å². The minimum absolute atomic E-state index is 0. The second-order valence-corrected chi connectivity index (χ2v) is 19.4. The molecule has 8 atom stereocenters. The average Bonchev–Trinajstić information content (AvgIpc) is 4.05. The molecule has 0 bridgehead atoms. The minimum Gasteiger partial charge on any atom is -0.464 e.